The topological polar surface area (TPSA) is 64.2 Å². The molecule has 2 aromatic carbocycles. The average molecular weight is 313 g/mol. The van der Waals surface area contributed by atoms with Gasteiger partial charge in [-0.15, -0.1) is 0 Å². The van der Waals surface area contributed by atoms with Crippen LogP contribution in [0.4, 0.5) is 4.39 Å². The van der Waals surface area contributed by atoms with Crippen LogP contribution in [0.25, 0.3) is 0 Å². The molecule has 3 nitrogen and oxygen atoms in total. The third-order valence-electron chi connectivity index (χ3n) is 4.43. The molecule has 0 fully saturated rings. The van der Waals surface area contributed by atoms with E-state index >= 15 is 0 Å². The molecule has 4 heteroatoms. The van der Waals surface area contributed by atoms with Crippen molar-refractivity contribution in [3.8, 4) is 6.07 Å². The fourth-order valence-corrected chi connectivity index (χ4v) is 2.87. The molecule has 0 heterocycles. The molecule has 2 N–H and O–H groups in total. The smallest absolute Gasteiger partial charge is 0.123 e. The van der Waals surface area contributed by atoms with Gasteiger partial charge in [0.1, 0.15) is 11.4 Å². The zero-order valence-corrected chi connectivity index (χ0v) is 13.3. The molecule has 120 valence electrons. The van der Waals surface area contributed by atoms with Crippen LogP contribution in [0.15, 0.2) is 42.5 Å². The van der Waals surface area contributed by atoms with E-state index in [0.717, 1.165) is 0 Å². The van der Waals surface area contributed by atoms with E-state index in [9.17, 15) is 14.6 Å². The lowest BCUT2D eigenvalue weighted by molar-refractivity contribution is 0.0204. The van der Waals surface area contributed by atoms with Crippen LogP contribution in [0.3, 0.4) is 0 Å². The van der Waals surface area contributed by atoms with Crippen LogP contribution in [0.1, 0.15) is 42.5 Å². The van der Waals surface area contributed by atoms with Crippen molar-refractivity contribution in [1.29, 1.82) is 5.26 Å². The van der Waals surface area contributed by atoms with Crippen LogP contribution in [-0.4, -0.2) is 10.2 Å². The Kier molecular flexibility index (Phi) is 5.15. The number of aliphatic hydroxyl groups excluding tert-OH is 1. The zero-order chi connectivity index (χ0) is 17.0. The van der Waals surface area contributed by atoms with Crippen molar-refractivity contribution in [2.75, 3.05) is 0 Å². The SMILES string of the molecule is CCC(C)C(O)(c1ccc(F)cc1)c1ccc(C#N)cc1CO. The lowest BCUT2D eigenvalue weighted by atomic mass is 9.74. The van der Waals surface area contributed by atoms with Gasteiger partial charge in [-0.2, -0.15) is 5.26 Å². The van der Waals surface area contributed by atoms with Gasteiger partial charge in [0.15, 0.2) is 0 Å². The number of nitriles is 1. The summed E-state index contributed by atoms with van der Waals surface area (Å²) in [5, 5.41) is 30.2. The van der Waals surface area contributed by atoms with Gasteiger partial charge >= 0.3 is 0 Å². The number of nitrogens with zero attached hydrogens (tertiary/aromatic N) is 1. The quantitative estimate of drug-likeness (QED) is 0.888. The Balaban J connectivity index is 2.69. The highest BCUT2D eigenvalue weighted by molar-refractivity contribution is 5.45. The molecular weight excluding hydrogens is 293 g/mol. The van der Waals surface area contributed by atoms with Crippen molar-refractivity contribution < 1.29 is 14.6 Å². The number of hydrogen-bond donors (Lipinski definition) is 2. The maximum Gasteiger partial charge on any atom is 0.123 e. The van der Waals surface area contributed by atoms with E-state index in [1.165, 1.54) is 12.1 Å². The number of rotatable bonds is 5. The molecule has 0 spiro atoms. The molecule has 2 aromatic rings. The summed E-state index contributed by atoms with van der Waals surface area (Å²) in [6.45, 7) is 3.58. The minimum atomic E-state index is -1.37. The Bertz CT molecular complexity index is 721. The highest BCUT2D eigenvalue weighted by atomic mass is 19.1. The van der Waals surface area contributed by atoms with Crippen LogP contribution >= 0.6 is 0 Å². The fraction of sp³-hybridized carbons (Fsp3) is 0.316. The van der Waals surface area contributed by atoms with Crippen LogP contribution in [0, 0.1) is 23.1 Å². The van der Waals surface area contributed by atoms with Crippen molar-refractivity contribution in [2.45, 2.75) is 32.5 Å². The molecule has 2 unspecified atom stereocenters. The Labute approximate surface area is 135 Å². The van der Waals surface area contributed by atoms with E-state index in [0.29, 0.717) is 28.7 Å². The van der Waals surface area contributed by atoms with E-state index in [1.54, 1.807) is 30.3 Å². The van der Waals surface area contributed by atoms with Gasteiger partial charge in [-0.3, -0.25) is 0 Å². The maximum atomic E-state index is 13.2. The molecule has 2 atom stereocenters. The number of halogens is 1. The summed E-state index contributed by atoms with van der Waals surface area (Å²) in [5.41, 5.74) is 0.654. The second kappa shape index (κ2) is 6.91. The Morgan fingerprint density at radius 2 is 1.87 bits per heavy atom. The van der Waals surface area contributed by atoms with Gasteiger partial charge in [-0.05, 0) is 46.9 Å². The summed E-state index contributed by atoms with van der Waals surface area (Å²) in [5.74, 6) is -0.534. The molecule has 0 bridgehead atoms. The maximum absolute atomic E-state index is 13.2. The van der Waals surface area contributed by atoms with Crippen molar-refractivity contribution in [3.05, 3.63) is 70.5 Å². The summed E-state index contributed by atoms with van der Waals surface area (Å²) in [6, 6.07) is 12.6. The minimum absolute atomic E-state index is 0.161. The third kappa shape index (κ3) is 3.12. The van der Waals surface area contributed by atoms with Crippen molar-refractivity contribution in [3.63, 3.8) is 0 Å². The Morgan fingerprint density at radius 1 is 1.22 bits per heavy atom. The Hall–Kier alpha value is -2.22. The molecule has 2 rings (SSSR count). The van der Waals surface area contributed by atoms with Crippen LogP contribution in [0.5, 0.6) is 0 Å². The van der Waals surface area contributed by atoms with Crippen molar-refractivity contribution >= 4 is 0 Å². The summed E-state index contributed by atoms with van der Waals surface area (Å²) < 4.78 is 13.2. The van der Waals surface area contributed by atoms with Crippen molar-refractivity contribution in [1.82, 2.24) is 0 Å². The van der Waals surface area contributed by atoms with E-state index in [2.05, 4.69) is 0 Å². The lowest BCUT2D eigenvalue weighted by Gasteiger charge is -2.36. The van der Waals surface area contributed by atoms with Crippen LogP contribution < -0.4 is 0 Å². The molecule has 0 radical (unpaired) electrons. The molecule has 0 aliphatic heterocycles. The highest BCUT2D eigenvalue weighted by Gasteiger charge is 2.38. The monoisotopic (exact) mass is 313 g/mol. The summed E-state index contributed by atoms with van der Waals surface area (Å²) >= 11 is 0. The van der Waals surface area contributed by atoms with E-state index in [1.807, 2.05) is 19.9 Å². The number of benzene rings is 2. The van der Waals surface area contributed by atoms with Crippen molar-refractivity contribution in [2.24, 2.45) is 5.92 Å². The number of hydrogen-bond acceptors (Lipinski definition) is 3. The molecule has 0 aliphatic rings. The van der Waals surface area contributed by atoms with E-state index < -0.39 is 5.60 Å². The summed E-state index contributed by atoms with van der Waals surface area (Å²) in [6.07, 6.45) is 0.693. The first-order valence-electron chi connectivity index (χ1n) is 7.60. The van der Waals surface area contributed by atoms with Gasteiger partial charge in [0.2, 0.25) is 0 Å². The highest BCUT2D eigenvalue weighted by Crippen LogP contribution is 2.40. The standard InChI is InChI=1S/C19H20FNO2/c1-3-13(2)19(23,16-5-7-17(20)8-6-16)18-9-4-14(11-21)10-15(18)12-22/h4-10,13,22-23H,3,12H2,1-2H3. The zero-order valence-electron chi connectivity index (χ0n) is 13.3. The predicted octanol–water partition coefficient (Wildman–Crippen LogP) is 3.47. The van der Waals surface area contributed by atoms with Gasteiger partial charge in [0, 0.05) is 0 Å². The average Bonchev–Trinajstić information content (AvgIpc) is 2.60. The second-order valence-corrected chi connectivity index (χ2v) is 5.72. The molecular formula is C19H20FNO2. The van der Waals surface area contributed by atoms with Gasteiger partial charge in [0.25, 0.3) is 0 Å². The normalized spacial score (nSPS) is 14.8. The molecule has 0 saturated carbocycles. The fourth-order valence-electron chi connectivity index (χ4n) is 2.87. The van der Waals surface area contributed by atoms with E-state index in [4.69, 9.17) is 5.26 Å². The third-order valence-corrected chi connectivity index (χ3v) is 4.43. The molecule has 0 saturated heterocycles. The summed E-state index contributed by atoms with van der Waals surface area (Å²) in [7, 11) is 0. The molecule has 0 amide bonds. The first-order chi connectivity index (χ1) is 11.0. The Morgan fingerprint density at radius 3 is 2.39 bits per heavy atom. The second-order valence-electron chi connectivity index (χ2n) is 5.72. The molecule has 0 aromatic heterocycles. The van der Waals surface area contributed by atoms with Crippen LogP contribution in [-0.2, 0) is 12.2 Å². The minimum Gasteiger partial charge on any atom is -0.392 e. The summed E-state index contributed by atoms with van der Waals surface area (Å²) in [4.78, 5) is 0. The first-order valence-corrected chi connectivity index (χ1v) is 7.60. The van der Waals surface area contributed by atoms with E-state index in [-0.39, 0.29) is 18.3 Å². The van der Waals surface area contributed by atoms with Gasteiger partial charge in [-0.1, -0.05) is 38.5 Å². The van der Waals surface area contributed by atoms with Gasteiger partial charge in [-0.25, -0.2) is 4.39 Å². The van der Waals surface area contributed by atoms with Crippen LogP contribution in [0.2, 0.25) is 0 Å². The molecule has 23 heavy (non-hydrogen) atoms. The largest absolute Gasteiger partial charge is 0.392 e. The van der Waals surface area contributed by atoms with Gasteiger partial charge < -0.3 is 10.2 Å². The van der Waals surface area contributed by atoms with Gasteiger partial charge in [0.05, 0.1) is 18.2 Å². The first kappa shape index (κ1) is 17.1. The lowest BCUT2D eigenvalue weighted by Crippen LogP contribution is -2.36. The molecule has 0 aliphatic carbocycles. The number of aliphatic hydroxyl groups is 2. The predicted molar refractivity (Wildman–Crippen MR) is 85.9 cm³/mol.